The molecule has 13 heteroatoms. The largest absolute Gasteiger partial charge is 0 e. The molecule has 0 aliphatic heterocycles. The molecule has 23 heavy (non-hydrogen) atoms. The first-order chi connectivity index (χ1) is 10.7. The summed E-state index contributed by atoms with van der Waals surface area (Å²) in [7, 11) is 6.62. The van der Waals surface area contributed by atoms with Crippen LogP contribution in [-0.4, -0.2) is 42.7 Å². The molecule has 134 valence electrons. The van der Waals surface area contributed by atoms with Gasteiger partial charge in [-0.3, -0.25) is 0 Å². The average molecular weight is 414 g/mol. The van der Waals surface area contributed by atoms with Gasteiger partial charge in [0.15, 0.2) is 0 Å². The van der Waals surface area contributed by atoms with Crippen LogP contribution in [0.3, 0.4) is 0 Å². The minimum absolute atomic E-state index is 0. The minimum atomic E-state index is -1.36. The van der Waals surface area contributed by atoms with Crippen molar-refractivity contribution in [2.75, 3.05) is 42.7 Å². The van der Waals surface area contributed by atoms with E-state index < -0.39 is 17.2 Å². The third kappa shape index (κ3) is 61.0. The maximum absolute atomic E-state index is 7.50. The molecule has 0 amide bonds. The fourth-order valence-corrected chi connectivity index (χ4v) is 1.50. The van der Waals surface area contributed by atoms with Crippen LogP contribution in [0.1, 0.15) is 0 Å². The maximum atomic E-state index is 7.50. The zero-order chi connectivity index (χ0) is 19.4. The van der Waals surface area contributed by atoms with Gasteiger partial charge in [-0.2, -0.15) is 27.1 Å². The molecular weight excluding hydrogens is 394 g/mol. The first kappa shape index (κ1) is 43.5. The number of rotatable bonds is 6. The van der Waals surface area contributed by atoms with Gasteiger partial charge < -0.3 is 0 Å². The first-order valence-corrected chi connectivity index (χ1v) is 6.94. The Balaban J connectivity index is -0.0000000301. The number of hydrogen-bond donors (Lipinski definition) is 0. The topological polar surface area (TPSA) is 135 Å². The fourth-order valence-electron chi connectivity index (χ4n) is 0.500. The normalized spacial score (nSPS) is 6.61. The number of hydrogen-bond acceptors (Lipinski definition) is 6. The monoisotopic (exact) mass is 414 g/mol. The second-order valence-corrected chi connectivity index (χ2v) is 5.17. The van der Waals surface area contributed by atoms with Crippen LogP contribution in [0.4, 0.5) is 0 Å². The molecule has 0 saturated heterocycles. The zero-order valence-corrected chi connectivity index (χ0v) is 16.8. The van der Waals surface area contributed by atoms with Gasteiger partial charge in [0, 0.05) is 17.4 Å². The predicted molar refractivity (Wildman–Crippen MR) is 74.4 cm³/mol. The third-order valence-electron chi connectivity index (χ3n) is 1.00. The van der Waals surface area contributed by atoms with Crippen molar-refractivity contribution in [1.29, 1.82) is 0 Å². The van der Waals surface area contributed by atoms with Crippen molar-refractivity contribution in [1.82, 2.24) is 0 Å². The van der Waals surface area contributed by atoms with E-state index in [-0.39, 0.29) is 17.4 Å². The smallest absolute Gasteiger partial charge is 0 e. The summed E-state index contributed by atoms with van der Waals surface area (Å²) in [5.74, 6) is 0. The molecule has 0 bridgehead atoms. The van der Waals surface area contributed by atoms with E-state index in [1.807, 2.05) is 0 Å². The average Bonchev–Trinajstić information content (AvgIpc) is 2.65. The van der Waals surface area contributed by atoms with Crippen molar-refractivity contribution >= 4 is 17.2 Å². The van der Waals surface area contributed by atoms with Crippen LogP contribution in [0.25, 0.3) is 0 Å². The van der Waals surface area contributed by atoms with Crippen molar-refractivity contribution in [2.45, 2.75) is 0 Å². The molecule has 0 rings (SSSR count). The minimum Gasteiger partial charge on any atom is 0 e. The van der Waals surface area contributed by atoms with Gasteiger partial charge >= 0.3 is 62.4 Å². The summed E-state index contributed by atoms with van der Waals surface area (Å²) in [6, 6.07) is 0. The van der Waals surface area contributed by atoms with Crippen LogP contribution in [0, 0.1) is 26.6 Å². The summed E-state index contributed by atoms with van der Waals surface area (Å²) in [4.78, 5) is 0. The summed E-state index contributed by atoms with van der Waals surface area (Å²) in [5.41, 5.74) is 0. The molecular formula is C10H20CrO10P2+2. The van der Waals surface area contributed by atoms with Crippen LogP contribution in [0.15, 0.2) is 0 Å². The summed E-state index contributed by atoms with van der Waals surface area (Å²) >= 11 is 0. The second-order valence-electron chi connectivity index (χ2n) is 1.72. The fraction of sp³-hybridized carbons (Fsp3) is 0.600. The molecule has 0 aliphatic rings. The maximum Gasteiger partial charge on any atom is 0 e. The van der Waals surface area contributed by atoms with E-state index in [1.54, 1.807) is 42.7 Å². The van der Waals surface area contributed by atoms with Gasteiger partial charge in [-0.05, 0) is 0 Å². The van der Waals surface area contributed by atoms with Crippen LogP contribution < -0.4 is 0 Å². The second kappa shape index (κ2) is 67.2. The van der Waals surface area contributed by atoms with Crippen LogP contribution in [-0.2, 0) is 63.1 Å². The van der Waals surface area contributed by atoms with Gasteiger partial charge in [0.2, 0.25) is 0 Å². The Morgan fingerprint density at radius 1 is 0.435 bits per heavy atom. The SMILES string of the molecule is CO[PH+](OC)OC.CO[PH+](OC)OC.[C-]#[O+].[C-]#[O+].[C-]#[O+].[C-]#[O+].[Cr]. The van der Waals surface area contributed by atoms with Gasteiger partial charge in [0.25, 0.3) is 0 Å². The van der Waals surface area contributed by atoms with Crippen LogP contribution >= 0.6 is 17.2 Å². The predicted octanol–water partition coefficient (Wildman–Crippen LogP) is 1.62. The zero-order valence-electron chi connectivity index (χ0n) is 13.5. The summed E-state index contributed by atoms with van der Waals surface area (Å²) < 4.78 is 58.2. The molecule has 0 spiro atoms. The molecule has 10 nitrogen and oxygen atoms in total. The van der Waals surface area contributed by atoms with Crippen molar-refractivity contribution in [2.24, 2.45) is 0 Å². The Hall–Kier alpha value is 0.112. The van der Waals surface area contributed by atoms with Gasteiger partial charge in [-0.1, -0.05) is 0 Å². The molecule has 0 aromatic rings. The molecule has 0 aliphatic carbocycles. The van der Waals surface area contributed by atoms with E-state index in [0.717, 1.165) is 0 Å². The van der Waals surface area contributed by atoms with E-state index in [0.29, 0.717) is 0 Å². The summed E-state index contributed by atoms with van der Waals surface area (Å²) in [6.07, 6.45) is 0. The van der Waals surface area contributed by atoms with Gasteiger partial charge in [-0.25, -0.2) is 0 Å². The Kier molecular flexibility index (Phi) is 127. The molecule has 0 heterocycles. The Morgan fingerprint density at radius 2 is 0.522 bits per heavy atom. The van der Waals surface area contributed by atoms with E-state index >= 15 is 0 Å². The standard InChI is InChI=1S/2C3H10O3P.4CO.Cr/c2*1-4-7(5-2)6-3;4*1-2;/h2*7H,1-3H3;;;;;/q2*+1;;;;;. The van der Waals surface area contributed by atoms with Gasteiger partial charge in [0.1, 0.15) is 0 Å². The molecule has 0 aromatic heterocycles. The molecule has 0 unspecified atom stereocenters. The molecule has 0 fully saturated rings. The first-order valence-electron chi connectivity index (χ1n) is 4.49. The molecule has 0 aromatic carbocycles. The van der Waals surface area contributed by atoms with E-state index in [2.05, 4.69) is 26.6 Å². The Bertz CT molecular complexity index is 182. The van der Waals surface area contributed by atoms with E-state index in [4.69, 9.17) is 45.8 Å². The molecule has 0 saturated carbocycles. The van der Waals surface area contributed by atoms with Crippen LogP contribution in [0.5, 0.6) is 0 Å². The van der Waals surface area contributed by atoms with E-state index in [1.165, 1.54) is 0 Å². The van der Waals surface area contributed by atoms with Gasteiger partial charge in [0.05, 0.1) is 42.7 Å². The summed E-state index contributed by atoms with van der Waals surface area (Å²) in [6.45, 7) is 18.0. The molecule has 0 radical (unpaired) electrons. The quantitative estimate of drug-likeness (QED) is 0.368. The van der Waals surface area contributed by atoms with Gasteiger partial charge in [-0.15, -0.1) is 0 Å². The van der Waals surface area contributed by atoms with Crippen molar-refractivity contribution in [3.8, 4) is 0 Å². The van der Waals surface area contributed by atoms with E-state index in [9.17, 15) is 0 Å². The van der Waals surface area contributed by atoms with Crippen molar-refractivity contribution in [3.05, 3.63) is 26.6 Å². The third-order valence-corrected chi connectivity index (χ3v) is 3.00. The molecule has 0 atom stereocenters. The van der Waals surface area contributed by atoms with Crippen molar-refractivity contribution in [3.63, 3.8) is 0 Å². The summed E-state index contributed by atoms with van der Waals surface area (Å²) in [5, 5.41) is 0. The van der Waals surface area contributed by atoms with Crippen molar-refractivity contribution < 1.29 is 63.1 Å². The van der Waals surface area contributed by atoms with Crippen LogP contribution in [0.2, 0.25) is 0 Å². The Labute approximate surface area is 150 Å². The molecule has 0 N–H and O–H groups in total. The Morgan fingerprint density at radius 3 is 0.522 bits per heavy atom.